The number of carbonyl (C=O) groups excluding carboxylic acids is 3. The standard InChI is InChI=1S/C34H48N4O6/c1-32(2,3)24-11-13-26(14-12-24)38(28(23-10-9-17-35-20-23)29(39)36-25-15-18-42-19-16-25)30(40)27-21-43-34(7,8)22-37(27)31(41)44-33(4,5)6/h9-14,17,20,25,27-28H,15-16,18-19,21-22H2,1-8H3,(H,36,39)/t27-,28?/m1/s1. The first kappa shape index (κ1) is 33.4. The average molecular weight is 609 g/mol. The van der Waals surface area contributed by atoms with Crippen molar-refractivity contribution in [1.29, 1.82) is 0 Å². The first-order valence-electron chi connectivity index (χ1n) is 15.4. The Kier molecular flexibility index (Phi) is 10.0. The molecule has 3 amide bonds. The van der Waals surface area contributed by atoms with E-state index in [1.54, 1.807) is 45.3 Å². The molecule has 0 bridgehead atoms. The topological polar surface area (TPSA) is 110 Å². The zero-order chi connectivity index (χ0) is 32.3. The maximum atomic E-state index is 14.9. The number of ether oxygens (including phenoxy) is 3. The number of nitrogens with zero attached hydrogens (tertiary/aromatic N) is 3. The van der Waals surface area contributed by atoms with Crippen molar-refractivity contribution in [3.05, 3.63) is 59.9 Å². The van der Waals surface area contributed by atoms with Crippen LogP contribution in [0, 0.1) is 0 Å². The number of nitrogens with one attached hydrogen (secondary N) is 1. The van der Waals surface area contributed by atoms with E-state index >= 15 is 0 Å². The largest absolute Gasteiger partial charge is 0.444 e. The number of carbonyl (C=O) groups is 3. The summed E-state index contributed by atoms with van der Waals surface area (Å²) in [5, 5.41) is 3.16. The van der Waals surface area contributed by atoms with E-state index in [1.165, 1.54) is 9.80 Å². The van der Waals surface area contributed by atoms with E-state index in [1.807, 2.05) is 38.1 Å². The van der Waals surface area contributed by atoms with Crippen molar-refractivity contribution >= 4 is 23.6 Å². The number of aromatic nitrogens is 1. The fourth-order valence-electron chi connectivity index (χ4n) is 5.44. The van der Waals surface area contributed by atoms with Crippen molar-refractivity contribution < 1.29 is 28.6 Å². The van der Waals surface area contributed by atoms with E-state index in [4.69, 9.17) is 14.2 Å². The predicted molar refractivity (Wildman–Crippen MR) is 168 cm³/mol. The highest BCUT2D eigenvalue weighted by Gasteiger charge is 2.46. The number of rotatable bonds is 6. The summed E-state index contributed by atoms with van der Waals surface area (Å²) in [4.78, 5) is 49.8. The normalized spacial score (nSPS) is 20.0. The molecule has 4 rings (SSSR count). The molecule has 3 heterocycles. The minimum atomic E-state index is -1.06. The van der Waals surface area contributed by atoms with Gasteiger partial charge in [-0.05, 0) is 76.6 Å². The van der Waals surface area contributed by atoms with Crippen molar-refractivity contribution in [2.75, 3.05) is 31.3 Å². The highest BCUT2D eigenvalue weighted by molar-refractivity contribution is 6.04. The van der Waals surface area contributed by atoms with E-state index < -0.39 is 35.3 Å². The number of benzene rings is 1. The van der Waals surface area contributed by atoms with Crippen molar-refractivity contribution in [2.24, 2.45) is 0 Å². The van der Waals surface area contributed by atoms with Crippen molar-refractivity contribution in [3.63, 3.8) is 0 Å². The van der Waals surface area contributed by atoms with Crippen LogP contribution in [0.3, 0.4) is 0 Å². The third kappa shape index (κ3) is 8.35. The molecule has 1 unspecified atom stereocenters. The fourth-order valence-corrected chi connectivity index (χ4v) is 5.44. The van der Waals surface area contributed by atoms with Gasteiger partial charge in [0.25, 0.3) is 5.91 Å². The summed E-state index contributed by atoms with van der Waals surface area (Å²) in [6.07, 6.45) is 3.97. The van der Waals surface area contributed by atoms with Gasteiger partial charge in [-0.2, -0.15) is 0 Å². The van der Waals surface area contributed by atoms with Crippen molar-refractivity contribution in [2.45, 2.75) is 103 Å². The fraction of sp³-hybridized carbons (Fsp3) is 0.588. The molecule has 240 valence electrons. The summed E-state index contributed by atoms with van der Waals surface area (Å²) >= 11 is 0. The Labute approximate surface area is 261 Å². The molecule has 1 aromatic carbocycles. The third-order valence-corrected chi connectivity index (χ3v) is 7.80. The van der Waals surface area contributed by atoms with Gasteiger partial charge in [0, 0.05) is 42.9 Å². The van der Waals surface area contributed by atoms with Gasteiger partial charge in [0.15, 0.2) is 0 Å². The lowest BCUT2D eigenvalue weighted by atomic mass is 9.87. The molecule has 44 heavy (non-hydrogen) atoms. The molecule has 10 nitrogen and oxygen atoms in total. The molecule has 10 heteroatoms. The molecule has 2 atom stereocenters. The minimum absolute atomic E-state index is 0.0526. The highest BCUT2D eigenvalue weighted by Crippen LogP contribution is 2.34. The van der Waals surface area contributed by atoms with Crippen molar-refractivity contribution in [1.82, 2.24) is 15.2 Å². The zero-order valence-corrected chi connectivity index (χ0v) is 27.4. The Morgan fingerprint density at radius 1 is 1.05 bits per heavy atom. The average Bonchev–Trinajstić information content (AvgIpc) is 2.94. The number of anilines is 1. The van der Waals surface area contributed by atoms with Crippen LogP contribution in [0.25, 0.3) is 0 Å². The van der Waals surface area contributed by atoms with Gasteiger partial charge < -0.3 is 19.5 Å². The Hall–Kier alpha value is -3.50. The van der Waals surface area contributed by atoms with Crippen LogP contribution in [0.2, 0.25) is 0 Å². The van der Waals surface area contributed by atoms with E-state index in [9.17, 15) is 14.4 Å². The maximum absolute atomic E-state index is 14.9. The molecule has 2 aliphatic rings. The lowest BCUT2D eigenvalue weighted by Gasteiger charge is -2.45. The Balaban J connectivity index is 1.82. The van der Waals surface area contributed by atoms with Gasteiger partial charge in [0.1, 0.15) is 17.7 Å². The number of pyridine rings is 1. The van der Waals surface area contributed by atoms with Crippen LogP contribution >= 0.6 is 0 Å². The Morgan fingerprint density at radius 3 is 2.27 bits per heavy atom. The molecule has 0 spiro atoms. The van der Waals surface area contributed by atoms with Crippen LogP contribution in [0.1, 0.15) is 85.4 Å². The summed E-state index contributed by atoms with van der Waals surface area (Å²) < 4.78 is 17.3. The second-order valence-electron chi connectivity index (χ2n) is 14.3. The van der Waals surface area contributed by atoms with Crippen LogP contribution in [-0.4, -0.2) is 77.4 Å². The highest BCUT2D eigenvalue weighted by atomic mass is 16.6. The predicted octanol–water partition coefficient (Wildman–Crippen LogP) is 5.16. The van der Waals surface area contributed by atoms with Crippen LogP contribution in [0.4, 0.5) is 10.5 Å². The van der Waals surface area contributed by atoms with E-state index in [0.717, 1.165) is 5.56 Å². The molecular weight excluding hydrogens is 560 g/mol. The smallest absolute Gasteiger partial charge is 0.411 e. The quantitative estimate of drug-likeness (QED) is 0.482. The van der Waals surface area contributed by atoms with Gasteiger partial charge in [-0.25, -0.2) is 4.79 Å². The molecular formula is C34H48N4O6. The molecule has 0 aliphatic carbocycles. The van der Waals surface area contributed by atoms with Crippen molar-refractivity contribution in [3.8, 4) is 0 Å². The first-order valence-corrected chi connectivity index (χ1v) is 15.4. The molecule has 2 aromatic rings. The minimum Gasteiger partial charge on any atom is -0.444 e. The molecule has 2 aliphatic heterocycles. The van der Waals surface area contributed by atoms with Crippen LogP contribution < -0.4 is 10.2 Å². The Morgan fingerprint density at radius 2 is 1.70 bits per heavy atom. The van der Waals surface area contributed by atoms with Gasteiger partial charge in [-0.3, -0.25) is 24.4 Å². The monoisotopic (exact) mass is 608 g/mol. The summed E-state index contributed by atoms with van der Waals surface area (Å²) in [6, 6.07) is 9.00. The number of hydrogen-bond donors (Lipinski definition) is 1. The van der Waals surface area contributed by atoms with Crippen LogP contribution in [0.15, 0.2) is 48.8 Å². The van der Waals surface area contributed by atoms with Gasteiger partial charge in [0.2, 0.25) is 5.91 Å². The molecule has 0 saturated carbocycles. The van der Waals surface area contributed by atoms with Gasteiger partial charge in [0.05, 0.1) is 18.8 Å². The number of hydrogen-bond acceptors (Lipinski definition) is 7. The second kappa shape index (κ2) is 13.2. The maximum Gasteiger partial charge on any atom is 0.411 e. The molecule has 2 saturated heterocycles. The summed E-state index contributed by atoms with van der Waals surface area (Å²) in [5.41, 5.74) is 0.566. The second-order valence-corrected chi connectivity index (χ2v) is 14.3. The summed E-state index contributed by atoms with van der Waals surface area (Å²) in [6.45, 7) is 16.6. The lowest BCUT2D eigenvalue weighted by Crippen LogP contribution is -2.63. The number of morpholine rings is 1. The summed E-state index contributed by atoms with van der Waals surface area (Å²) in [5.74, 6) is -0.787. The Bertz CT molecular complexity index is 1290. The summed E-state index contributed by atoms with van der Waals surface area (Å²) in [7, 11) is 0. The van der Waals surface area contributed by atoms with E-state index in [2.05, 4.69) is 31.1 Å². The lowest BCUT2D eigenvalue weighted by molar-refractivity contribution is -0.145. The van der Waals surface area contributed by atoms with Crippen LogP contribution in [0.5, 0.6) is 0 Å². The van der Waals surface area contributed by atoms with Gasteiger partial charge >= 0.3 is 6.09 Å². The third-order valence-electron chi connectivity index (χ3n) is 7.80. The van der Waals surface area contributed by atoms with Gasteiger partial charge in [-0.15, -0.1) is 0 Å². The van der Waals surface area contributed by atoms with E-state index in [-0.39, 0.29) is 30.5 Å². The molecule has 0 radical (unpaired) electrons. The zero-order valence-electron chi connectivity index (χ0n) is 27.4. The first-order chi connectivity index (χ1) is 20.6. The van der Waals surface area contributed by atoms with E-state index in [0.29, 0.717) is 37.3 Å². The SMILES string of the molecule is CC(C)(C)OC(=O)N1CC(C)(C)OC[C@@H]1C(=O)N(c1ccc(C(C)(C)C)cc1)C(C(=O)NC1CCOCC1)c1cccnc1. The molecule has 2 fully saturated rings. The molecule has 1 N–H and O–H groups in total. The molecule has 1 aromatic heterocycles. The van der Waals surface area contributed by atoms with Gasteiger partial charge in [-0.1, -0.05) is 39.0 Å². The number of amides is 3. The van der Waals surface area contributed by atoms with Crippen LogP contribution in [-0.2, 0) is 29.2 Å².